The van der Waals surface area contributed by atoms with E-state index in [2.05, 4.69) is 15.6 Å². The molecule has 2 N–H and O–H groups in total. The Balaban J connectivity index is 1.75. The number of anilines is 2. The van der Waals surface area contributed by atoms with E-state index in [4.69, 9.17) is 0 Å². The highest BCUT2D eigenvalue weighted by Gasteiger charge is 2.18. The van der Waals surface area contributed by atoms with Gasteiger partial charge in [0, 0.05) is 5.69 Å². The Hall–Kier alpha value is -3.68. The van der Waals surface area contributed by atoms with Gasteiger partial charge in [0.15, 0.2) is 17.5 Å². The molecular weight excluding hydrogens is 383 g/mol. The average Bonchev–Trinajstić information content (AvgIpc) is 2.74. The molecular formula is C21H16F3N3O2. The Labute approximate surface area is 164 Å². The number of amides is 2. The predicted octanol–water partition coefficient (Wildman–Crippen LogP) is 4.57. The zero-order chi connectivity index (χ0) is 21.0. The minimum Gasteiger partial charge on any atom is -0.321 e. The van der Waals surface area contributed by atoms with Crippen molar-refractivity contribution in [2.45, 2.75) is 13.3 Å². The van der Waals surface area contributed by atoms with Crippen molar-refractivity contribution in [3.8, 4) is 0 Å². The first-order chi connectivity index (χ1) is 13.9. The van der Waals surface area contributed by atoms with Crippen molar-refractivity contribution in [1.29, 1.82) is 0 Å². The van der Waals surface area contributed by atoms with Crippen molar-refractivity contribution in [1.82, 2.24) is 4.98 Å². The maximum Gasteiger partial charge on any atom is 0.274 e. The van der Waals surface area contributed by atoms with Crippen LogP contribution in [-0.4, -0.2) is 16.8 Å². The van der Waals surface area contributed by atoms with Crippen LogP contribution in [0.4, 0.5) is 24.5 Å². The van der Waals surface area contributed by atoms with Gasteiger partial charge < -0.3 is 10.6 Å². The van der Waals surface area contributed by atoms with Gasteiger partial charge in [-0.2, -0.15) is 0 Å². The van der Waals surface area contributed by atoms with Crippen molar-refractivity contribution < 1.29 is 22.8 Å². The van der Waals surface area contributed by atoms with E-state index in [1.54, 1.807) is 12.1 Å². The summed E-state index contributed by atoms with van der Waals surface area (Å²) < 4.78 is 40.0. The third kappa shape index (κ3) is 4.60. The highest BCUT2D eigenvalue weighted by Crippen LogP contribution is 2.20. The fourth-order valence-electron chi connectivity index (χ4n) is 2.52. The lowest BCUT2D eigenvalue weighted by Gasteiger charge is -2.09. The van der Waals surface area contributed by atoms with Crippen LogP contribution in [0.1, 0.15) is 33.5 Å². The van der Waals surface area contributed by atoms with Crippen molar-refractivity contribution >= 4 is 23.2 Å². The summed E-state index contributed by atoms with van der Waals surface area (Å²) >= 11 is 0. The van der Waals surface area contributed by atoms with Gasteiger partial charge in [0.2, 0.25) is 0 Å². The standard InChI is InChI=1S/C21H16F3N3O2/c1-2-12-6-8-13(9-7-12)25-20(28)16-4-3-5-17(26-16)21(29)27-15-11-10-14(22)18(23)19(15)24/h3-11H,2H2,1H3,(H,25,28)(H,27,29). The van der Waals surface area contributed by atoms with Gasteiger partial charge in [-0.05, 0) is 48.4 Å². The predicted molar refractivity (Wildman–Crippen MR) is 102 cm³/mol. The number of aryl methyl sites for hydroxylation is 1. The summed E-state index contributed by atoms with van der Waals surface area (Å²) in [4.78, 5) is 28.6. The molecule has 0 bridgehead atoms. The van der Waals surface area contributed by atoms with Crippen LogP contribution in [0.25, 0.3) is 0 Å². The molecule has 3 aromatic rings. The Morgan fingerprint density at radius 1 is 0.828 bits per heavy atom. The number of pyridine rings is 1. The molecule has 0 atom stereocenters. The van der Waals surface area contributed by atoms with Crippen molar-refractivity contribution in [3.63, 3.8) is 0 Å². The van der Waals surface area contributed by atoms with Crippen molar-refractivity contribution in [3.05, 3.63) is 89.0 Å². The molecule has 0 radical (unpaired) electrons. The van der Waals surface area contributed by atoms with Gasteiger partial charge in [0.25, 0.3) is 11.8 Å². The lowest BCUT2D eigenvalue weighted by molar-refractivity contribution is 0.101. The summed E-state index contributed by atoms with van der Waals surface area (Å²) in [7, 11) is 0. The summed E-state index contributed by atoms with van der Waals surface area (Å²) in [5.74, 6) is -6.01. The zero-order valence-corrected chi connectivity index (χ0v) is 15.3. The van der Waals surface area contributed by atoms with Crippen LogP contribution in [0.5, 0.6) is 0 Å². The Morgan fingerprint density at radius 3 is 2.07 bits per heavy atom. The molecule has 0 saturated carbocycles. The molecule has 1 aromatic heterocycles. The molecule has 1 heterocycles. The number of hydrogen-bond donors (Lipinski definition) is 2. The monoisotopic (exact) mass is 399 g/mol. The van der Waals surface area contributed by atoms with Crippen LogP contribution in [0.3, 0.4) is 0 Å². The van der Waals surface area contributed by atoms with Crippen LogP contribution >= 0.6 is 0 Å². The number of rotatable bonds is 5. The SMILES string of the molecule is CCc1ccc(NC(=O)c2cccc(C(=O)Nc3ccc(F)c(F)c3F)n2)cc1. The molecule has 29 heavy (non-hydrogen) atoms. The molecule has 3 rings (SSSR count). The molecule has 0 spiro atoms. The first-order valence-electron chi connectivity index (χ1n) is 8.71. The number of carbonyl (C=O) groups excluding carboxylic acids is 2. The highest BCUT2D eigenvalue weighted by molar-refractivity contribution is 6.06. The van der Waals surface area contributed by atoms with Gasteiger partial charge in [-0.3, -0.25) is 9.59 Å². The van der Waals surface area contributed by atoms with E-state index in [-0.39, 0.29) is 11.4 Å². The number of carbonyl (C=O) groups is 2. The van der Waals surface area contributed by atoms with Crippen LogP contribution < -0.4 is 10.6 Å². The fraction of sp³-hybridized carbons (Fsp3) is 0.0952. The number of nitrogens with one attached hydrogen (secondary N) is 2. The van der Waals surface area contributed by atoms with E-state index >= 15 is 0 Å². The number of nitrogens with zero attached hydrogens (tertiary/aromatic N) is 1. The lowest BCUT2D eigenvalue weighted by atomic mass is 10.1. The summed E-state index contributed by atoms with van der Waals surface area (Å²) in [6.07, 6.45) is 0.867. The molecule has 8 heteroatoms. The summed E-state index contributed by atoms with van der Waals surface area (Å²) in [6.45, 7) is 2.01. The Kier molecular flexibility index (Phi) is 5.92. The minimum absolute atomic E-state index is 0.0389. The smallest absolute Gasteiger partial charge is 0.274 e. The van der Waals surface area contributed by atoms with Crippen LogP contribution in [-0.2, 0) is 6.42 Å². The van der Waals surface area contributed by atoms with E-state index < -0.39 is 35.0 Å². The molecule has 5 nitrogen and oxygen atoms in total. The minimum atomic E-state index is -1.70. The van der Waals surface area contributed by atoms with E-state index in [0.717, 1.165) is 18.1 Å². The second-order valence-electron chi connectivity index (χ2n) is 6.09. The molecule has 0 fully saturated rings. The first-order valence-corrected chi connectivity index (χ1v) is 8.71. The van der Waals surface area contributed by atoms with Gasteiger partial charge in [0.05, 0.1) is 5.69 Å². The van der Waals surface area contributed by atoms with Gasteiger partial charge in [0.1, 0.15) is 11.4 Å². The Morgan fingerprint density at radius 2 is 1.45 bits per heavy atom. The van der Waals surface area contributed by atoms with Gasteiger partial charge in [-0.1, -0.05) is 25.1 Å². The number of aromatic nitrogens is 1. The summed E-state index contributed by atoms with van der Waals surface area (Å²) in [5, 5.41) is 4.77. The van der Waals surface area contributed by atoms with Crippen LogP contribution in [0.15, 0.2) is 54.6 Å². The summed E-state index contributed by atoms with van der Waals surface area (Å²) in [6, 6.07) is 13.0. The van der Waals surface area contributed by atoms with Crippen molar-refractivity contribution in [2.75, 3.05) is 10.6 Å². The molecule has 0 saturated heterocycles. The number of halogens is 3. The van der Waals surface area contributed by atoms with Crippen LogP contribution in [0.2, 0.25) is 0 Å². The van der Waals surface area contributed by atoms with E-state index in [9.17, 15) is 22.8 Å². The van der Waals surface area contributed by atoms with Gasteiger partial charge >= 0.3 is 0 Å². The molecule has 0 aliphatic carbocycles. The average molecular weight is 399 g/mol. The second-order valence-corrected chi connectivity index (χ2v) is 6.09. The lowest BCUT2D eigenvalue weighted by Crippen LogP contribution is -2.19. The zero-order valence-electron chi connectivity index (χ0n) is 15.3. The van der Waals surface area contributed by atoms with Gasteiger partial charge in [-0.25, -0.2) is 18.2 Å². The van der Waals surface area contributed by atoms with E-state index in [1.165, 1.54) is 18.2 Å². The fourth-order valence-corrected chi connectivity index (χ4v) is 2.52. The topological polar surface area (TPSA) is 71.1 Å². The number of hydrogen-bond acceptors (Lipinski definition) is 3. The molecule has 2 aromatic carbocycles. The summed E-state index contributed by atoms with van der Waals surface area (Å²) in [5.41, 5.74) is 0.907. The second kappa shape index (κ2) is 8.55. The third-order valence-electron chi connectivity index (χ3n) is 4.12. The Bertz CT molecular complexity index is 1070. The largest absolute Gasteiger partial charge is 0.321 e. The van der Waals surface area contributed by atoms with E-state index in [0.29, 0.717) is 11.8 Å². The quantitative estimate of drug-likeness (QED) is 0.618. The van der Waals surface area contributed by atoms with Crippen LogP contribution in [0, 0.1) is 17.5 Å². The van der Waals surface area contributed by atoms with E-state index in [1.807, 2.05) is 19.1 Å². The molecule has 148 valence electrons. The van der Waals surface area contributed by atoms with Gasteiger partial charge in [-0.15, -0.1) is 0 Å². The maximum atomic E-state index is 13.7. The number of benzene rings is 2. The molecule has 0 aliphatic rings. The van der Waals surface area contributed by atoms with Crippen molar-refractivity contribution in [2.24, 2.45) is 0 Å². The highest BCUT2D eigenvalue weighted by atomic mass is 19.2. The molecule has 0 unspecified atom stereocenters. The molecule has 2 amide bonds. The maximum absolute atomic E-state index is 13.7. The third-order valence-corrected chi connectivity index (χ3v) is 4.12. The normalized spacial score (nSPS) is 10.5. The first kappa shape index (κ1) is 20.1. The molecule has 0 aliphatic heterocycles.